The molecule has 0 bridgehead atoms. The molecular formula is C15H32N4O2. The summed E-state index contributed by atoms with van der Waals surface area (Å²) in [6.07, 6.45) is 4.03. The van der Waals surface area contributed by atoms with Crippen LogP contribution in [0.5, 0.6) is 0 Å². The van der Waals surface area contributed by atoms with E-state index in [1.807, 2.05) is 20.8 Å². The Balaban J connectivity index is 3.62. The van der Waals surface area contributed by atoms with Crippen LogP contribution in [0.2, 0.25) is 0 Å². The first kappa shape index (κ1) is 19.5. The van der Waals surface area contributed by atoms with Gasteiger partial charge in [-0.2, -0.15) is 0 Å². The number of unbranched alkanes of at least 4 members (excludes halogenated alkanes) is 2. The molecule has 0 aliphatic carbocycles. The highest BCUT2D eigenvalue weighted by Crippen LogP contribution is 2.06. The molecule has 0 radical (unpaired) electrons. The molecule has 0 rings (SSSR count). The predicted octanol–water partition coefficient (Wildman–Crippen LogP) is 2.26. The molecule has 0 spiro atoms. The Labute approximate surface area is 129 Å². The number of hydrogen-bond acceptors (Lipinski definition) is 3. The zero-order valence-corrected chi connectivity index (χ0v) is 14.2. The highest BCUT2D eigenvalue weighted by atomic mass is 16.6. The third kappa shape index (κ3) is 13.3. The Morgan fingerprint density at radius 2 is 1.57 bits per heavy atom. The minimum Gasteiger partial charge on any atom is -0.444 e. The first-order valence-corrected chi connectivity index (χ1v) is 7.80. The van der Waals surface area contributed by atoms with Crippen LogP contribution in [0, 0.1) is 0 Å². The Morgan fingerprint density at radius 3 is 2.10 bits per heavy atom. The molecule has 0 aromatic rings. The van der Waals surface area contributed by atoms with Crippen molar-refractivity contribution in [3.63, 3.8) is 0 Å². The van der Waals surface area contributed by atoms with Crippen LogP contribution in [0.15, 0.2) is 4.99 Å². The van der Waals surface area contributed by atoms with Crippen molar-refractivity contribution in [1.82, 2.24) is 16.0 Å². The first-order valence-electron chi connectivity index (χ1n) is 7.80. The number of carbonyl (C=O) groups excluding carboxylic acids is 1. The molecule has 0 fully saturated rings. The smallest absolute Gasteiger partial charge is 0.407 e. The van der Waals surface area contributed by atoms with Gasteiger partial charge in [-0.3, -0.25) is 4.99 Å². The van der Waals surface area contributed by atoms with Crippen molar-refractivity contribution in [1.29, 1.82) is 0 Å². The number of guanidine groups is 1. The summed E-state index contributed by atoms with van der Waals surface area (Å²) in [5.74, 6) is 0.809. The van der Waals surface area contributed by atoms with Crippen molar-refractivity contribution in [2.24, 2.45) is 4.99 Å². The third-order valence-corrected chi connectivity index (χ3v) is 2.61. The number of nitrogens with one attached hydrogen (secondary N) is 3. The second kappa shape index (κ2) is 11.2. The lowest BCUT2D eigenvalue weighted by molar-refractivity contribution is 0.0527. The van der Waals surface area contributed by atoms with Gasteiger partial charge in [0.1, 0.15) is 5.60 Å². The monoisotopic (exact) mass is 300 g/mol. The number of rotatable bonds is 8. The van der Waals surface area contributed by atoms with Gasteiger partial charge in [-0.25, -0.2) is 4.79 Å². The molecule has 0 saturated heterocycles. The van der Waals surface area contributed by atoms with Gasteiger partial charge >= 0.3 is 6.09 Å². The van der Waals surface area contributed by atoms with Crippen molar-refractivity contribution >= 4 is 12.1 Å². The third-order valence-electron chi connectivity index (χ3n) is 2.61. The van der Waals surface area contributed by atoms with Gasteiger partial charge in [-0.05, 0) is 33.6 Å². The largest absolute Gasteiger partial charge is 0.444 e. The summed E-state index contributed by atoms with van der Waals surface area (Å²) in [5.41, 5.74) is -0.452. The standard InChI is InChI=1S/C15H32N4O2/c1-6-7-8-10-17-13(16-5)18-11-9-12-19-14(20)21-15(2,3)4/h6-12H2,1-5H3,(H,19,20)(H2,16,17,18). The summed E-state index contributed by atoms with van der Waals surface area (Å²) in [6, 6.07) is 0. The molecule has 0 aliphatic heterocycles. The molecule has 124 valence electrons. The van der Waals surface area contributed by atoms with E-state index in [0.717, 1.165) is 31.9 Å². The number of hydrogen-bond donors (Lipinski definition) is 3. The Bertz CT molecular complexity index is 311. The second-order valence-electron chi connectivity index (χ2n) is 5.92. The average Bonchev–Trinajstić information content (AvgIpc) is 2.38. The number of aliphatic imine (C=N–C) groups is 1. The number of amides is 1. The topological polar surface area (TPSA) is 74.8 Å². The summed E-state index contributed by atoms with van der Waals surface area (Å²) < 4.78 is 5.16. The zero-order chi connectivity index (χ0) is 16.1. The van der Waals surface area contributed by atoms with Crippen LogP contribution in [0.25, 0.3) is 0 Å². The van der Waals surface area contributed by atoms with Gasteiger partial charge in [0.2, 0.25) is 0 Å². The maximum absolute atomic E-state index is 11.4. The maximum atomic E-state index is 11.4. The van der Waals surface area contributed by atoms with E-state index in [-0.39, 0.29) is 6.09 Å². The molecule has 1 amide bonds. The van der Waals surface area contributed by atoms with E-state index in [1.165, 1.54) is 12.8 Å². The minimum atomic E-state index is -0.452. The van der Waals surface area contributed by atoms with Gasteiger partial charge in [0, 0.05) is 26.7 Å². The lowest BCUT2D eigenvalue weighted by atomic mass is 10.2. The fraction of sp³-hybridized carbons (Fsp3) is 0.867. The fourth-order valence-corrected chi connectivity index (χ4v) is 1.60. The molecule has 0 unspecified atom stereocenters. The van der Waals surface area contributed by atoms with E-state index in [4.69, 9.17) is 4.74 Å². The van der Waals surface area contributed by atoms with Gasteiger partial charge in [0.15, 0.2) is 5.96 Å². The molecule has 0 saturated carbocycles. The van der Waals surface area contributed by atoms with Crippen LogP contribution in [0.3, 0.4) is 0 Å². The highest BCUT2D eigenvalue weighted by molar-refractivity contribution is 5.79. The van der Waals surface area contributed by atoms with Gasteiger partial charge in [0.05, 0.1) is 0 Å². The van der Waals surface area contributed by atoms with Crippen molar-refractivity contribution in [3.05, 3.63) is 0 Å². The number of carbonyl (C=O) groups is 1. The van der Waals surface area contributed by atoms with Gasteiger partial charge in [0.25, 0.3) is 0 Å². The normalized spacial score (nSPS) is 12.0. The molecule has 6 heteroatoms. The molecule has 0 aromatic heterocycles. The quantitative estimate of drug-likeness (QED) is 0.365. The molecule has 3 N–H and O–H groups in total. The molecule has 6 nitrogen and oxygen atoms in total. The SMILES string of the molecule is CCCCCNC(=NC)NCCCNC(=O)OC(C)(C)C. The summed E-state index contributed by atoms with van der Waals surface area (Å²) >= 11 is 0. The lowest BCUT2D eigenvalue weighted by Gasteiger charge is -2.19. The Kier molecular flexibility index (Phi) is 10.4. The van der Waals surface area contributed by atoms with Crippen LogP contribution in [-0.4, -0.2) is 44.3 Å². The summed E-state index contributed by atoms with van der Waals surface area (Å²) in [4.78, 5) is 15.6. The van der Waals surface area contributed by atoms with Crippen LogP contribution >= 0.6 is 0 Å². The highest BCUT2D eigenvalue weighted by Gasteiger charge is 2.15. The van der Waals surface area contributed by atoms with Crippen molar-refractivity contribution in [2.75, 3.05) is 26.7 Å². The van der Waals surface area contributed by atoms with Crippen LogP contribution in [0.4, 0.5) is 4.79 Å². The van der Waals surface area contributed by atoms with E-state index in [0.29, 0.717) is 6.54 Å². The van der Waals surface area contributed by atoms with Crippen molar-refractivity contribution in [3.8, 4) is 0 Å². The fourth-order valence-electron chi connectivity index (χ4n) is 1.60. The molecule has 21 heavy (non-hydrogen) atoms. The molecule has 0 heterocycles. The molecular weight excluding hydrogens is 268 g/mol. The summed E-state index contributed by atoms with van der Waals surface area (Å²) in [7, 11) is 1.76. The summed E-state index contributed by atoms with van der Waals surface area (Å²) in [5, 5.41) is 9.21. The van der Waals surface area contributed by atoms with Crippen LogP contribution < -0.4 is 16.0 Å². The Morgan fingerprint density at radius 1 is 1.00 bits per heavy atom. The van der Waals surface area contributed by atoms with Gasteiger partial charge in [-0.15, -0.1) is 0 Å². The number of alkyl carbamates (subject to hydrolysis) is 1. The summed E-state index contributed by atoms with van der Waals surface area (Å²) in [6.45, 7) is 10.00. The first-order chi connectivity index (χ1) is 9.89. The van der Waals surface area contributed by atoms with Crippen molar-refractivity contribution in [2.45, 2.75) is 59.0 Å². The second-order valence-corrected chi connectivity index (χ2v) is 5.92. The zero-order valence-electron chi connectivity index (χ0n) is 14.2. The number of ether oxygens (including phenoxy) is 1. The van der Waals surface area contributed by atoms with E-state index in [9.17, 15) is 4.79 Å². The van der Waals surface area contributed by atoms with Gasteiger partial charge in [-0.1, -0.05) is 19.8 Å². The van der Waals surface area contributed by atoms with E-state index >= 15 is 0 Å². The lowest BCUT2D eigenvalue weighted by Crippen LogP contribution is -2.39. The van der Waals surface area contributed by atoms with Gasteiger partial charge < -0.3 is 20.7 Å². The van der Waals surface area contributed by atoms with E-state index in [2.05, 4.69) is 27.9 Å². The van der Waals surface area contributed by atoms with E-state index in [1.54, 1.807) is 7.05 Å². The van der Waals surface area contributed by atoms with E-state index < -0.39 is 5.60 Å². The van der Waals surface area contributed by atoms with Crippen LogP contribution in [0.1, 0.15) is 53.4 Å². The molecule has 0 aliphatic rings. The number of nitrogens with zero attached hydrogens (tertiary/aromatic N) is 1. The predicted molar refractivity (Wildman–Crippen MR) is 87.7 cm³/mol. The van der Waals surface area contributed by atoms with Crippen molar-refractivity contribution < 1.29 is 9.53 Å². The Hall–Kier alpha value is -1.46. The molecule has 0 atom stereocenters. The minimum absolute atomic E-state index is 0.371. The van der Waals surface area contributed by atoms with Crippen LogP contribution in [-0.2, 0) is 4.74 Å². The average molecular weight is 300 g/mol. The maximum Gasteiger partial charge on any atom is 0.407 e. The molecule has 0 aromatic carbocycles.